The largest absolute Gasteiger partial charge is 0.483 e. The van der Waals surface area contributed by atoms with Gasteiger partial charge in [-0.25, -0.2) is 5.90 Å². The van der Waals surface area contributed by atoms with Crippen LogP contribution in [0.4, 0.5) is 0 Å². The second-order valence-electron chi connectivity index (χ2n) is 16.2. The molecule has 0 aliphatic heterocycles. The molecule has 0 aliphatic carbocycles. The second kappa shape index (κ2) is 62.7. The Hall–Kier alpha value is -1.51. The maximum Gasteiger partial charge on any atom is 0.290 e. The number of carbonyl (C=O) groups excluding carboxylic acids is 1. The third-order valence-electron chi connectivity index (χ3n) is 11.1. The summed E-state index contributed by atoms with van der Waals surface area (Å²) in [5, 5.41) is 20.3. The average Bonchev–Trinajstić information content (AvgIpc) is 3.20. The van der Waals surface area contributed by atoms with E-state index in [1.54, 1.807) is 0 Å². The summed E-state index contributed by atoms with van der Waals surface area (Å²) in [5.41, 5.74) is 0. The summed E-state index contributed by atoms with van der Waals surface area (Å²) in [4.78, 5) is 30.2. The number of hydrogen-bond acceptors (Lipinski definition) is 6. The molecule has 0 amide bonds. The zero-order valence-corrected chi connectivity index (χ0v) is 37.9. The van der Waals surface area contributed by atoms with Crippen molar-refractivity contribution >= 4 is 19.2 Å². The number of unbranched alkanes of at least 4 members (excludes halogenated alkanes) is 30. The van der Waals surface area contributed by atoms with Crippen LogP contribution in [0, 0.1) is 5.92 Å². The van der Waals surface area contributed by atoms with Gasteiger partial charge in [-0.3, -0.25) is 9.59 Å². The van der Waals surface area contributed by atoms with Crippen molar-refractivity contribution in [1.82, 2.24) is 4.90 Å². The quantitative estimate of drug-likeness (QED) is 0.0271. The molecular weight excluding hydrogens is 701 g/mol. The smallest absolute Gasteiger partial charge is 0.290 e. The van der Waals surface area contributed by atoms with Crippen LogP contribution in [-0.2, 0) is 14.4 Å². The molecule has 0 rings (SSSR count). The lowest BCUT2D eigenvalue weighted by atomic mass is 9.89. The van der Waals surface area contributed by atoms with E-state index in [4.69, 9.17) is 25.0 Å². The maximum absolute atomic E-state index is 10.7. The summed E-state index contributed by atoms with van der Waals surface area (Å²) in [5.74, 6) is 4.50. The monoisotopic (exact) mass is 801 g/mol. The summed E-state index contributed by atoms with van der Waals surface area (Å²) >= 11 is 0. The number of aldehydes is 1. The lowest BCUT2D eigenvalue weighted by molar-refractivity contribution is -0.123. The number of nitrogens with zero attached hydrogens (tertiary/aromatic N) is 1. The summed E-state index contributed by atoms with van der Waals surface area (Å²) < 4.78 is 0. The Morgan fingerprint density at radius 1 is 0.375 bits per heavy atom. The van der Waals surface area contributed by atoms with Crippen LogP contribution in [-0.4, -0.2) is 59.2 Å². The number of hydrogen-bond donors (Lipinski definition) is 4. The van der Waals surface area contributed by atoms with E-state index in [2.05, 4.69) is 31.6 Å². The van der Waals surface area contributed by atoms with Crippen molar-refractivity contribution in [3.8, 4) is 0 Å². The predicted octanol–water partition coefficient (Wildman–Crippen LogP) is 14.7. The minimum Gasteiger partial charge on any atom is -0.483 e. The Bertz CT molecular complexity index is 662. The molecule has 0 atom stereocenters. The summed E-state index contributed by atoms with van der Waals surface area (Å²) in [6.07, 6.45) is 54.5. The van der Waals surface area contributed by atoms with E-state index in [0.29, 0.717) is 0 Å². The zero-order valence-electron chi connectivity index (χ0n) is 37.9. The van der Waals surface area contributed by atoms with Gasteiger partial charge in [0.2, 0.25) is 0 Å². The molecule has 0 aromatic heterocycles. The van der Waals surface area contributed by atoms with Crippen molar-refractivity contribution in [2.24, 2.45) is 11.8 Å². The third-order valence-corrected chi connectivity index (χ3v) is 11.1. The topological polar surface area (TPSA) is 141 Å². The summed E-state index contributed by atoms with van der Waals surface area (Å²) in [6, 6.07) is 0. The van der Waals surface area contributed by atoms with Crippen molar-refractivity contribution in [1.29, 1.82) is 0 Å². The highest BCUT2D eigenvalue weighted by Crippen LogP contribution is 2.25. The third kappa shape index (κ3) is 61.7. The molecule has 5 N–H and O–H groups in total. The molecule has 0 aliphatic rings. The van der Waals surface area contributed by atoms with Gasteiger partial charge in [0.05, 0.1) is 0 Å². The summed E-state index contributed by atoms with van der Waals surface area (Å²) in [7, 11) is 0. The SMILES string of the molecule is CCCCCCCCCCCCCCCCN(CCCCCC=O)CCCCCCCC(CCCCCCCC)CCCCCCCC.NO.O=CO.O=CO. The molecule has 0 spiro atoms. The van der Waals surface area contributed by atoms with Gasteiger partial charge in [0, 0.05) is 6.42 Å². The van der Waals surface area contributed by atoms with E-state index in [0.717, 1.165) is 25.0 Å². The zero-order chi connectivity index (χ0) is 42.3. The molecule has 0 bridgehead atoms. The number of carbonyl (C=O) groups is 3. The van der Waals surface area contributed by atoms with Crippen LogP contribution in [0.3, 0.4) is 0 Å². The van der Waals surface area contributed by atoms with Gasteiger partial charge in [-0.15, -0.1) is 0 Å². The first-order valence-electron chi connectivity index (χ1n) is 24.2. The van der Waals surface area contributed by atoms with Gasteiger partial charge in [0.1, 0.15) is 6.29 Å². The van der Waals surface area contributed by atoms with Crippen molar-refractivity contribution < 1.29 is 29.8 Å². The first-order chi connectivity index (χ1) is 27.6. The Balaban J connectivity index is -0.00000155. The fourth-order valence-corrected chi connectivity index (χ4v) is 7.76. The molecule has 0 aromatic carbocycles. The first-order valence-corrected chi connectivity index (χ1v) is 24.2. The molecule has 0 fully saturated rings. The van der Waals surface area contributed by atoms with Crippen molar-refractivity contribution in [3.63, 3.8) is 0 Å². The van der Waals surface area contributed by atoms with Crippen LogP contribution >= 0.6 is 0 Å². The molecule has 8 nitrogen and oxygen atoms in total. The predicted molar refractivity (Wildman–Crippen MR) is 242 cm³/mol. The highest BCUT2D eigenvalue weighted by molar-refractivity contribution is 5.48. The fourth-order valence-electron chi connectivity index (χ4n) is 7.76. The van der Waals surface area contributed by atoms with Gasteiger partial charge in [-0.1, -0.05) is 233 Å². The van der Waals surface area contributed by atoms with E-state index in [-0.39, 0.29) is 12.9 Å². The molecule has 0 unspecified atom stereocenters. The lowest BCUT2D eigenvalue weighted by Crippen LogP contribution is -2.27. The van der Waals surface area contributed by atoms with Gasteiger partial charge in [-0.2, -0.15) is 0 Å². The van der Waals surface area contributed by atoms with Crippen molar-refractivity contribution in [2.45, 2.75) is 265 Å². The van der Waals surface area contributed by atoms with Gasteiger partial charge >= 0.3 is 0 Å². The minimum atomic E-state index is -0.250. The van der Waals surface area contributed by atoms with Gasteiger partial charge in [-0.05, 0) is 51.2 Å². The Kier molecular flexibility index (Phi) is 68.5. The molecule has 338 valence electrons. The summed E-state index contributed by atoms with van der Waals surface area (Å²) in [6.45, 7) is 10.3. The van der Waals surface area contributed by atoms with Crippen LogP contribution in [0.15, 0.2) is 0 Å². The normalized spacial score (nSPS) is 10.6. The highest BCUT2D eigenvalue weighted by Gasteiger charge is 2.09. The number of rotatable bonds is 43. The van der Waals surface area contributed by atoms with Crippen LogP contribution < -0.4 is 5.90 Å². The van der Waals surface area contributed by atoms with Crippen molar-refractivity contribution in [2.75, 3.05) is 19.6 Å². The molecule has 0 saturated carbocycles. The highest BCUT2D eigenvalue weighted by atomic mass is 16.4. The maximum atomic E-state index is 10.7. The fraction of sp³-hybridized carbons (Fsp3) is 0.938. The molecule has 0 saturated heterocycles. The van der Waals surface area contributed by atoms with Crippen LogP contribution in [0.2, 0.25) is 0 Å². The van der Waals surface area contributed by atoms with E-state index >= 15 is 0 Å². The Morgan fingerprint density at radius 2 is 0.589 bits per heavy atom. The number of carboxylic acid groups (broad SMARTS) is 2. The first kappa shape index (κ1) is 61.2. The molecule has 0 radical (unpaired) electrons. The number of nitrogens with two attached hydrogens (primary N) is 1. The van der Waals surface area contributed by atoms with E-state index in [1.165, 1.54) is 251 Å². The van der Waals surface area contributed by atoms with Gasteiger partial charge in [0.15, 0.2) is 0 Å². The Morgan fingerprint density at radius 3 is 0.839 bits per heavy atom. The molecule has 0 heterocycles. The van der Waals surface area contributed by atoms with E-state index in [9.17, 15) is 4.79 Å². The molecule has 8 heteroatoms. The van der Waals surface area contributed by atoms with E-state index in [1.807, 2.05) is 0 Å². The van der Waals surface area contributed by atoms with Gasteiger partial charge < -0.3 is 25.1 Å². The molecular formula is C48H100N2O6. The minimum absolute atomic E-state index is 0.250. The van der Waals surface area contributed by atoms with Crippen LogP contribution in [0.5, 0.6) is 0 Å². The average molecular weight is 801 g/mol. The molecule has 0 aromatic rings. The van der Waals surface area contributed by atoms with Crippen LogP contribution in [0.25, 0.3) is 0 Å². The standard InChI is InChI=1S/C46H93NO.2CH2O2.H3NO/c1-4-7-10-13-16-17-18-19-20-21-22-23-28-35-42-47(44-37-30-31-38-45-48)43-36-29-24-27-34-41-46(39-32-25-14-11-8-5-2)40-33-26-15-12-9-6-3;2*2-1-3;1-2/h45-46H,4-44H2,1-3H3;2*1H,(H,2,3);2H,1H2. The van der Waals surface area contributed by atoms with Crippen LogP contribution in [0.1, 0.15) is 265 Å². The lowest BCUT2D eigenvalue weighted by Gasteiger charge is -2.22. The van der Waals surface area contributed by atoms with Gasteiger partial charge in [0.25, 0.3) is 12.9 Å². The Labute approximate surface area is 349 Å². The second-order valence-corrected chi connectivity index (χ2v) is 16.2. The molecule has 56 heavy (non-hydrogen) atoms. The van der Waals surface area contributed by atoms with Crippen molar-refractivity contribution in [3.05, 3.63) is 0 Å². The van der Waals surface area contributed by atoms with E-state index < -0.39 is 0 Å².